The third kappa shape index (κ3) is 10.4. The third-order valence-corrected chi connectivity index (χ3v) is 23.1. The summed E-state index contributed by atoms with van der Waals surface area (Å²) in [6, 6.07) is 0. The predicted octanol–water partition coefficient (Wildman–Crippen LogP) is 12.7. The molecule has 0 amide bonds. The van der Waals surface area contributed by atoms with E-state index in [0.29, 0.717) is 18.4 Å². The highest BCUT2D eigenvalue weighted by molar-refractivity contribution is 6.74. The highest BCUT2D eigenvalue weighted by Crippen LogP contribution is 2.59. The van der Waals surface area contributed by atoms with Gasteiger partial charge >= 0.3 is 5.97 Å². The van der Waals surface area contributed by atoms with Crippen LogP contribution < -0.4 is 0 Å². The third-order valence-electron chi connectivity index (χ3n) is 14.1. The molecule has 0 unspecified atom stereocenters. The monoisotopic (exact) mass is 755 g/mol. The first-order valence-electron chi connectivity index (χ1n) is 20.6. The molecule has 5 nitrogen and oxygen atoms in total. The van der Waals surface area contributed by atoms with Gasteiger partial charge in [-0.3, -0.25) is 9.59 Å². The molecule has 0 spiro atoms. The summed E-state index contributed by atoms with van der Waals surface area (Å²) in [6.07, 6.45) is 19.2. The number of allylic oxidation sites excluding steroid dienone is 5. The number of ketones is 1. The number of ether oxygens (including phenoxy) is 1. The number of carbonyl (C=O) groups is 2. The topological polar surface area (TPSA) is 61.8 Å². The van der Waals surface area contributed by atoms with Crippen LogP contribution in [0.2, 0.25) is 36.3 Å². The standard InChI is InChI=1S/C45H78O5Si2/c1-17-18-19-29-48-41(47)44(10,11)40(46)27-22-32(2)37-25-26-38-34(21-20-28-45(37,38)12)23-24-35-30-36(49-51(13,14)42(4,5)6)31-39(33(35)3)50-52(15,16)43(7,8)9/h22-24,27,32,36-39H,3,17-21,25-26,28-31H2,1-2,4-16H3/t32-,36-,37-,38+,39+,45-/m1/s1. The maximum Gasteiger partial charge on any atom is 0.319 e. The van der Waals surface area contributed by atoms with E-state index in [4.69, 9.17) is 13.6 Å². The number of carbonyl (C=O) groups excluding carboxylic acids is 2. The zero-order chi connectivity index (χ0) is 39.5. The number of rotatable bonds is 14. The lowest BCUT2D eigenvalue weighted by atomic mass is 9.61. The molecule has 0 saturated heterocycles. The van der Waals surface area contributed by atoms with Crippen LogP contribution in [0.25, 0.3) is 0 Å². The fraction of sp³-hybridized carbons (Fsp3) is 0.778. The second-order valence-corrected chi connectivity index (χ2v) is 29.9. The Morgan fingerprint density at radius 2 is 1.56 bits per heavy atom. The molecular formula is C45H78O5Si2. The molecule has 6 atom stereocenters. The first kappa shape index (κ1) is 44.8. The zero-order valence-corrected chi connectivity index (χ0v) is 38.2. The van der Waals surface area contributed by atoms with Crippen molar-refractivity contribution >= 4 is 28.4 Å². The van der Waals surface area contributed by atoms with E-state index in [2.05, 4.69) is 113 Å². The number of hydrogen-bond donors (Lipinski definition) is 0. The zero-order valence-electron chi connectivity index (χ0n) is 36.2. The Bertz CT molecular complexity index is 1370. The molecule has 0 aromatic rings. The van der Waals surface area contributed by atoms with Gasteiger partial charge in [0.25, 0.3) is 0 Å². The van der Waals surface area contributed by atoms with Gasteiger partial charge < -0.3 is 13.6 Å². The molecule has 0 heterocycles. The second-order valence-electron chi connectivity index (χ2n) is 20.4. The maximum absolute atomic E-state index is 13.3. The lowest BCUT2D eigenvalue weighted by molar-refractivity contribution is -0.157. The van der Waals surface area contributed by atoms with Crippen molar-refractivity contribution < 1.29 is 23.2 Å². The van der Waals surface area contributed by atoms with Gasteiger partial charge in [0.15, 0.2) is 22.4 Å². The van der Waals surface area contributed by atoms with Gasteiger partial charge in [0.1, 0.15) is 5.41 Å². The average Bonchev–Trinajstić information content (AvgIpc) is 3.38. The van der Waals surface area contributed by atoms with E-state index in [1.807, 2.05) is 0 Å². The van der Waals surface area contributed by atoms with Crippen molar-refractivity contribution in [2.45, 2.75) is 189 Å². The van der Waals surface area contributed by atoms with Gasteiger partial charge in [0.2, 0.25) is 0 Å². The number of unbranched alkanes of at least 4 members (excludes halogenated alkanes) is 2. The summed E-state index contributed by atoms with van der Waals surface area (Å²) in [5, 5.41) is 0.262. The Morgan fingerprint density at radius 3 is 2.15 bits per heavy atom. The van der Waals surface area contributed by atoms with E-state index in [-0.39, 0.29) is 39.4 Å². The first-order valence-corrected chi connectivity index (χ1v) is 26.4. The summed E-state index contributed by atoms with van der Waals surface area (Å²) in [4.78, 5) is 26.0. The SMILES string of the molecule is C=C1C(=CC=C2CCC[C@]3(C)[C@@H]([C@H](C)C=CC(=O)C(C)(C)C(=O)OCCCCC)CC[C@@H]23)C[C@@H](O[Si](C)(C)C(C)(C)C)C[C@@H]1O[Si](C)(C)C(C)(C)C. The molecule has 52 heavy (non-hydrogen) atoms. The van der Waals surface area contributed by atoms with Crippen molar-refractivity contribution in [3.05, 3.63) is 47.6 Å². The smallest absolute Gasteiger partial charge is 0.319 e. The minimum Gasteiger partial charge on any atom is -0.465 e. The Labute approximate surface area is 322 Å². The Hall–Kier alpha value is -1.55. The van der Waals surface area contributed by atoms with Crippen LogP contribution in [0.5, 0.6) is 0 Å². The molecule has 3 fully saturated rings. The van der Waals surface area contributed by atoms with Gasteiger partial charge in [-0.1, -0.05) is 106 Å². The molecular weight excluding hydrogens is 677 g/mol. The highest BCUT2D eigenvalue weighted by Gasteiger charge is 2.51. The van der Waals surface area contributed by atoms with Crippen LogP contribution in [0.3, 0.4) is 0 Å². The van der Waals surface area contributed by atoms with Crippen molar-refractivity contribution in [3.8, 4) is 0 Å². The van der Waals surface area contributed by atoms with E-state index in [0.717, 1.165) is 50.5 Å². The fourth-order valence-corrected chi connectivity index (χ4v) is 11.0. The van der Waals surface area contributed by atoms with E-state index >= 15 is 0 Å². The van der Waals surface area contributed by atoms with E-state index in [1.54, 1.807) is 25.5 Å². The molecule has 3 saturated carbocycles. The molecule has 296 valence electrons. The van der Waals surface area contributed by atoms with Crippen LogP contribution in [0.15, 0.2) is 47.6 Å². The fourth-order valence-electron chi connectivity index (χ4n) is 8.29. The van der Waals surface area contributed by atoms with Gasteiger partial charge in [-0.15, -0.1) is 0 Å². The Kier molecular flexibility index (Phi) is 14.7. The normalized spacial score (nSPS) is 28.8. The Balaban J connectivity index is 1.83. The molecule has 3 aliphatic carbocycles. The summed E-state index contributed by atoms with van der Waals surface area (Å²) in [5.41, 5.74) is 2.98. The molecule has 0 bridgehead atoms. The summed E-state index contributed by atoms with van der Waals surface area (Å²) in [7, 11) is -4.00. The van der Waals surface area contributed by atoms with Crippen LogP contribution in [-0.4, -0.2) is 47.2 Å². The van der Waals surface area contributed by atoms with Crippen molar-refractivity contribution in [3.63, 3.8) is 0 Å². The van der Waals surface area contributed by atoms with Crippen molar-refractivity contribution in [2.24, 2.45) is 28.6 Å². The lowest BCUT2D eigenvalue weighted by Gasteiger charge is -2.45. The summed E-state index contributed by atoms with van der Waals surface area (Å²) in [6.45, 7) is 38.6. The second kappa shape index (κ2) is 17.1. The molecule has 0 N–H and O–H groups in total. The maximum atomic E-state index is 13.3. The van der Waals surface area contributed by atoms with Gasteiger partial charge in [-0.05, 0) is 135 Å². The van der Waals surface area contributed by atoms with E-state index in [1.165, 1.54) is 24.8 Å². The summed E-state index contributed by atoms with van der Waals surface area (Å²) < 4.78 is 19.6. The lowest BCUT2D eigenvalue weighted by Crippen LogP contribution is -2.49. The van der Waals surface area contributed by atoms with Gasteiger partial charge in [0.05, 0.1) is 18.8 Å². The van der Waals surface area contributed by atoms with E-state index in [9.17, 15) is 9.59 Å². The average molecular weight is 755 g/mol. The largest absolute Gasteiger partial charge is 0.465 e. The molecule has 0 aromatic heterocycles. The van der Waals surface area contributed by atoms with Crippen LogP contribution in [0.4, 0.5) is 0 Å². The Morgan fingerprint density at radius 1 is 0.942 bits per heavy atom. The van der Waals surface area contributed by atoms with E-state index < -0.39 is 28.0 Å². The summed E-state index contributed by atoms with van der Waals surface area (Å²) in [5.74, 6) is 0.657. The first-order chi connectivity index (χ1) is 23.8. The van der Waals surface area contributed by atoms with Gasteiger partial charge in [-0.2, -0.15) is 0 Å². The molecule has 0 aromatic carbocycles. The van der Waals surface area contributed by atoms with Crippen LogP contribution in [-0.2, 0) is 23.2 Å². The quantitative estimate of drug-likeness (QED) is 0.0581. The number of fused-ring (bicyclic) bond motifs is 1. The van der Waals surface area contributed by atoms with Crippen molar-refractivity contribution in [2.75, 3.05) is 6.61 Å². The molecule has 0 radical (unpaired) electrons. The van der Waals surface area contributed by atoms with Crippen LogP contribution >= 0.6 is 0 Å². The highest BCUT2D eigenvalue weighted by atomic mass is 28.4. The van der Waals surface area contributed by atoms with Crippen molar-refractivity contribution in [1.82, 2.24) is 0 Å². The minimum absolute atomic E-state index is 0.0234. The number of hydrogen-bond acceptors (Lipinski definition) is 5. The van der Waals surface area contributed by atoms with Gasteiger partial charge in [-0.25, -0.2) is 0 Å². The van der Waals surface area contributed by atoms with Crippen LogP contribution in [0, 0.1) is 28.6 Å². The van der Waals surface area contributed by atoms with Crippen molar-refractivity contribution in [1.29, 1.82) is 0 Å². The van der Waals surface area contributed by atoms with Crippen LogP contribution in [0.1, 0.15) is 140 Å². The minimum atomic E-state index is -2.03. The molecule has 0 aliphatic heterocycles. The molecule has 3 rings (SSSR count). The predicted molar refractivity (Wildman–Crippen MR) is 224 cm³/mol. The molecule has 7 heteroatoms. The van der Waals surface area contributed by atoms with Gasteiger partial charge in [0, 0.05) is 6.42 Å². The number of esters is 1. The summed E-state index contributed by atoms with van der Waals surface area (Å²) >= 11 is 0. The molecule has 3 aliphatic rings.